The van der Waals surface area contributed by atoms with Crippen LogP contribution in [-0.2, 0) is 4.79 Å². The molecule has 0 heterocycles. The fourth-order valence-electron chi connectivity index (χ4n) is 3.89. The summed E-state index contributed by atoms with van der Waals surface area (Å²) in [6, 6.07) is 0. The van der Waals surface area contributed by atoms with E-state index in [0.29, 0.717) is 6.54 Å². The number of amides is 1. The van der Waals surface area contributed by atoms with Crippen molar-refractivity contribution in [1.29, 1.82) is 0 Å². The molecule has 0 aromatic carbocycles. The van der Waals surface area contributed by atoms with E-state index in [-0.39, 0.29) is 5.91 Å². The van der Waals surface area contributed by atoms with Crippen LogP contribution in [0.4, 0.5) is 0 Å². The molecule has 3 fully saturated rings. The first-order valence-electron chi connectivity index (χ1n) is 7.67. The highest BCUT2D eigenvalue weighted by molar-refractivity contribution is 5.77. The highest BCUT2D eigenvalue weighted by Gasteiger charge is 2.39. The molecule has 2 bridgehead atoms. The Kier molecular flexibility index (Phi) is 3.60. The van der Waals surface area contributed by atoms with Crippen molar-refractivity contribution in [2.75, 3.05) is 26.7 Å². The molecular weight excluding hydrogens is 224 g/mol. The minimum atomic E-state index is 0.276. The third kappa shape index (κ3) is 2.87. The summed E-state index contributed by atoms with van der Waals surface area (Å²) >= 11 is 0. The summed E-state index contributed by atoms with van der Waals surface area (Å²) in [5, 5.41) is 3.30. The summed E-state index contributed by atoms with van der Waals surface area (Å²) in [4.78, 5) is 14.0. The van der Waals surface area contributed by atoms with Gasteiger partial charge >= 0.3 is 0 Å². The van der Waals surface area contributed by atoms with E-state index in [1.54, 1.807) is 0 Å². The zero-order chi connectivity index (χ0) is 12.5. The van der Waals surface area contributed by atoms with Crippen molar-refractivity contribution in [3.8, 4) is 0 Å². The third-order valence-electron chi connectivity index (χ3n) is 5.22. The van der Waals surface area contributed by atoms with Crippen LogP contribution < -0.4 is 5.32 Å². The summed E-state index contributed by atoms with van der Waals surface area (Å²) < 4.78 is 0. The van der Waals surface area contributed by atoms with Gasteiger partial charge in [-0.05, 0) is 62.3 Å². The number of carbonyl (C=O) groups is 1. The van der Waals surface area contributed by atoms with Gasteiger partial charge in [-0.25, -0.2) is 0 Å². The van der Waals surface area contributed by atoms with Crippen molar-refractivity contribution in [1.82, 2.24) is 10.2 Å². The maximum atomic E-state index is 12.0. The summed E-state index contributed by atoms with van der Waals surface area (Å²) in [5.74, 6) is 3.83. The molecule has 0 aliphatic heterocycles. The van der Waals surface area contributed by atoms with Gasteiger partial charge < -0.3 is 10.2 Å². The van der Waals surface area contributed by atoms with E-state index in [1.807, 2.05) is 11.9 Å². The average Bonchev–Trinajstić information content (AvgIpc) is 2.95. The lowest BCUT2D eigenvalue weighted by molar-refractivity contribution is -0.129. The van der Waals surface area contributed by atoms with Crippen LogP contribution >= 0.6 is 0 Å². The Hall–Kier alpha value is -0.570. The largest absolute Gasteiger partial charge is 0.344 e. The van der Waals surface area contributed by atoms with E-state index in [9.17, 15) is 4.79 Å². The van der Waals surface area contributed by atoms with Crippen LogP contribution in [0.3, 0.4) is 0 Å². The lowest BCUT2D eigenvalue weighted by atomic mass is 9.88. The molecule has 1 N–H and O–H groups in total. The van der Waals surface area contributed by atoms with Crippen LogP contribution in [0.2, 0.25) is 0 Å². The van der Waals surface area contributed by atoms with Crippen molar-refractivity contribution < 1.29 is 4.79 Å². The first-order chi connectivity index (χ1) is 8.72. The Morgan fingerprint density at radius 2 is 2.06 bits per heavy atom. The van der Waals surface area contributed by atoms with Gasteiger partial charge in [-0.2, -0.15) is 0 Å². The van der Waals surface area contributed by atoms with Crippen molar-refractivity contribution in [2.45, 2.75) is 38.5 Å². The minimum absolute atomic E-state index is 0.276. The molecule has 3 unspecified atom stereocenters. The molecule has 3 rings (SSSR count). The molecule has 0 aromatic heterocycles. The van der Waals surface area contributed by atoms with E-state index in [1.165, 1.54) is 38.5 Å². The molecule has 3 aliphatic rings. The van der Waals surface area contributed by atoms with Crippen LogP contribution in [0.15, 0.2) is 0 Å². The molecule has 0 radical (unpaired) electrons. The number of carbonyl (C=O) groups excluding carboxylic acids is 1. The van der Waals surface area contributed by atoms with Crippen LogP contribution in [0.1, 0.15) is 38.5 Å². The number of nitrogens with zero attached hydrogens (tertiary/aromatic N) is 1. The average molecular weight is 250 g/mol. The van der Waals surface area contributed by atoms with Gasteiger partial charge in [-0.3, -0.25) is 4.79 Å². The number of nitrogens with one attached hydrogen (secondary N) is 1. The highest BCUT2D eigenvalue weighted by atomic mass is 16.2. The molecule has 18 heavy (non-hydrogen) atoms. The van der Waals surface area contributed by atoms with Gasteiger partial charge in [-0.15, -0.1) is 0 Å². The number of likely N-dealkylation sites (N-methyl/N-ethyl adjacent to an activating group) is 1. The fourth-order valence-corrected chi connectivity index (χ4v) is 3.89. The van der Waals surface area contributed by atoms with Crippen LogP contribution in [0.5, 0.6) is 0 Å². The molecule has 102 valence electrons. The Morgan fingerprint density at radius 3 is 2.67 bits per heavy atom. The normalized spacial score (nSPS) is 33.9. The summed E-state index contributed by atoms with van der Waals surface area (Å²) in [7, 11) is 1.98. The van der Waals surface area contributed by atoms with Gasteiger partial charge in [0.05, 0.1) is 6.54 Å². The van der Waals surface area contributed by atoms with Crippen LogP contribution in [-0.4, -0.2) is 37.5 Å². The van der Waals surface area contributed by atoms with E-state index < -0.39 is 0 Å². The van der Waals surface area contributed by atoms with E-state index in [2.05, 4.69) is 5.32 Å². The predicted octanol–water partition coefficient (Wildman–Crippen LogP) is 1.88. The second-order valence-corrected chi connectivity index (χ2v) is 6.78. The molecule has 0 aromatic rings. The first-order valence-corrected chi connectivity index (χ1v) is 7.67. The molecule has 3 nitrogen and oxygen atoms in total. The molecule has 3 saturated carbocycles. The number of hydrogen-bond donors (Lipinski definition) is 1. The van der Waals surface area contributed by atoms with Crippen molar-refractivity contribution in [3.63, 3.8) is 0 Å². The van der Waals surface area contributed by atoms with Gasteiger partial charge in [0.25, 0.3) is 0 Å². The topological polar surface area (TPSA) is 32.3 Å². The maximum absolute atomic E-state index is 12.0. The third-order valence-corrected chi connectivity index (χ3v) is 5.22. The van der Waals surface area contributed by atoms with Crippen molar-refractivity contribution in [2.24, 2.45) is 23.7 Å². The lowest BCUT2D eigenvalue weighted by Crippen LogP contribution is -2.39. The van der Waals surface area contributed by atoms with Crippen molar-refractivity contribution in [3.05, 3.63) is 0 Å². The number of rotatable bonds is 6. The molecule has 0 saturated heterocycles. The van der Waals surface area contributed by atoms with E-state index in [0.717, 1.165) is 36.8 Å². The van der Waals surface area contributed by atoms with Gasteiger partial charge in [0.1, 0.15) is 0 Å². The molecule has 1 amide bonds. The fraction of sp³-hybridized carbons (Fsp3) is 0.933. The Morgan fingerprint density at radius 1 is 1.22 bits per heavy atom. The monoisotopic (exact) mass is 250 g/mol. The van der Waals surface area contributed by atoms with Crippen LogP contribution in [0, 0.1) is 23.7 Å². The zero-order valence-corrected chi connectivity index (χ0v) is 11.5. The van der Waals surface area contributed by atoms with Crippen LogP contribution in [0.25, 0.3) is 0 Å². The van der Waals surface area contributed by atoms with Gasteiger partial charge in [-0.1, -0.05) is 6.42 Å². The minimum Gasteiger partial charge on any atom is -0.344 e. The maximum Gasteiger partial charge on any atom is 0.236 e. The smallest absolute Gasteiger partial charge is 0.236 e. The standard InChI is InChI=1S/C15H26N2O/c1-17(15(18)9-16-8-11-2-3-11)10-14-7-12-4-5-13(14)6-12/h11-14,16H,2-10H2,1H3. The number of hydrogen-bond acceptors (Lipinski definition) is 2. The van der Waals surface area contributed by atoms with Gasteiger partial charge in [0.15, 0.2) is 0 Å². The quantitative estimate of drug-likeness (QED) is 0.780. The van der Waals surface area contributed by atoms with Crippen molar-refractivity contribution >= 4 is 5.91 Å². The second-order valence-electron chi connectivity index (χ2n) is 6.78. The molecule has 0 spiro atoms. The highest BCUT2D eigenvalue weighted by Crippen LogP contribution is 2.48. The Labute approximate surface area is 110 Å². The molecular formula is C15H26N2O. The Balaban J connectivity index is 1.37. The summed E-state index contributed by atoms with van der Waals surface area (Å²) in [6.07, 6.45) is 8.37. The first kappa shape index (κ1) is 12.5. The second kappa shape index (κ2) is 5.20. The molecule has 3 atom stereocenters. The lowest BCUT2D eigenvalue weighted by Gasteiger charge is -2.27. The summed E-state index contributed by atoms with van der Waals surface area (Å²) in [6.45, 7) is 2.56. The predicted molar refractivity (Wildman–Crippen MR) is 72.2 cm³/mol. The Bertz CT molecular complexity index is 314. The molecule has 3 aliphatic carbocycles. The molecule has 3 heteroatoms. The zero-order valence-electron chi connectivity index (χ0n) is 11.5. The van der Waals surface area contributed by atoms with Gasteiger partial charge in [0.2, 0.25) is 5.91 Å². The SMILES string of the molecule is CN(CC1CC2CCC1C2)C(=O)CNCC1CC1. The van der Waals surface area contributed by atoms with E-state index >= 15 is 0 Å². The van der Waals surface area contributed by atoms with E-state index in [4.69, 9.17) is 0 Å². The number of fused-ring (bicyclic) bond motifs is 2. The summed E-state index contributed by atoms with van der Waals surface area (Å²) in [5.41, 5.74) is 0. The van der Waals surface area contributed by atoms with Gasteiger partial charge in [0, 0.05) is 13.6 Å².